The number of hydrogen-bond donors (Lipinski definition) is 1. The fraction of sp³-hybridized carbons (Fsp3) is 0.923. The van der Waals surface area contributed by atoms with Gasteiger partial charge in [-0.15, -0.1) is 0 Å². The highest BCUT2D eigenvalue weighted by Crippen LogP contribution is 2.36. The second-order valence-electron chi connectivity index (χ2n) is 6.20. The van der Waals surface area contributed by atoms with E-state index in [-0.39, 0.29) is 12.0 Å². The van der Waals surface area contributed by atoms with Gasteiger partial charge in [-0.1, -0.05) is 0 Å². The van der Waals surface area contributed by atoms with Crippen molar-refractivity contribution in [3.8, 4) is 0 Å². The van der Waals surface area contributed by atoms with Gasteiger partial charge in [0.2, 0.25) is 0 Å². The number of carboxylic acids is 1. The minimum Gasteiger partial charge on any atom is -0.481 e. The van der Waals surface area contributed by atoms with E-state index >= 15 is 0 Å². The van der Waals surface area contributed by atoms with Crippen LogP contribution in [0, 0.1) is 0 Å². The van der Waals surface area contributed by atoms with Gasteiger partial charge in [0.05, 0.1) is 0 Å². The molecule has 0 radical (unpaired) electrons. The Labute approximate surface area is 104 Å². The highest BCUT2D eigenvalue weighted by molar-refractivity contribution is 5.66. The Morgan fingerprint density at radius 2 is 2.06 bits per heavy atom. The van der Waals surface area contributed by atoms with Gasteiger partial charge in [0.15, 0.2) is 0 Å². The molecule has 1 N–H and O–H groups in total. The number of carboxylic acid groups (broad SMARTS) is 1. The molecular formula is C13H24N2O2. The highest BCUT2D eigenvalue weighted by atomic mass is 16.4. The lowest BCUT2D eigenvalue weighted by Crippen LogP contribution is -2.62. The third kappa shape index (κ3) is 2.99. The van der Waals surface area contributed by atoms with E-state index in [2.05, 4.69) is 30.7 Å². The van der Waals surface area contributed by atoms with E-state index in [9.17, 15) is 4.79 Å². The Morgan fingerprint density at radius 3 is 2.59 bits per heavy atom. The summed E-state index contributed by atoms with van der Waals surface area (Å²) in [5, 5.41) is 8.79. The van der Waals surface area contributed by atoms with Gasteiger partial charge in [0.1, 0.15) is 0 Å². The standard InChI is InChI=1S/C13H24N2O2/c1-13(2)9-14(3)11(6-7-12(16)17)8-15(13)10-4-5-10/h10-11H,4-9H2,1-3H3,(H,16,17). The summed E-state index contributed by atoms with van der Waals surface area (Å²) >= 11 is 0. The van der Waals surface area contributed by atoms with E-state index < -0.39 is 5.97 Å². The molecule has 0 aromatic carbocycles. The predicted octanol–water partition coefficient (Wildman–Crippen LogP) is 1.41. The molecule has 1 aliphatic carbocycles. The van der Waals surface area contributed by atoms with Gasteiger partial charge >= 0.3 is 5.97 Å². The fourth-order valence-corrected chi connectivity index (χ4v) is 3.08. The van der Waals surface area contributed by atoms with Gasteiger partial charge < -0.3 is 10.0 Å². The molecule has 1 unspecified atom stereocenters. The summed E-state index contributed by atoms with van der Waals surface area (Å²) in [6.45, 7) is 6.67. The molecule has 98 valence electrons. The topological polar surface area (TPSA) is 43.8 Å². The van der Waals surface area contributed by atoms with E-state index in [0.717, 1.165) is 25.6 Å². The van der Waals surface area contributed by atoms with Crippen molar-refractivity contribution in [2.45, 2.75) is 57.2 Å². The van der Waals surface area contributed by atoms with Crippen molar-refractivity contribution in [3.63, 3.8) is 0 Å². The maximum Gasteiger partial charge on any atom is 0.303 e. The van der Waals surface area contributed by atoms with Crippen molar-refractivity contribution in [1.82, 2.24) is 9.80 Å². The molecule has 1 saturated carbocycles. The van der Waals surface area contributed by atoms with Crippen molar-refractivity contribution in [3.05, 3.63) is 0 Å². The Kier molecular flexibility index (Phi) is 3.46. The minimum absolute atomic E-state index is 0.232. The Bertz CT molecular complexity index is 300. The van der Waals surface area contributed by atoms with Crippen molar-refractivity contribution in [2.75, 3.05) is 20.1 Å². The normalized spacial score (nSPS) is 30.4. The summed E-state index contributed by atoms with van der Waals surface area (Å²) < 4.78 is 0. The molecule has 1 saturated heterocycles. The molecule has 0 aromatic heterocycles. The first-order chi connectivity index (χ1) is 7.90. The molecule has 1 heterocycles. The summed E-state index contributed by atoms with van der Waals surface area (Å²) in [7, 11) is 2.12. The van der Waals surface area contributed by atoms with Gasteiger partial charge in [-0.25, -0.2) is 0 Å². The van der Waals surface area contributed by atoms with Gasteiger partial charge in [-0.05, 0) is 40.2 Å². The lowest BCUT2D eigenvalue weighted by molar-refractivity contribution is -0.137. The molecule has 17 heavy (non-hydrogen) atoms. The van der Waals surface area contributed by atoms with E-state index in [1.165, 1.54) is 12.8 Å². The van der Waals surface area contributed by atoms with E-state index in [4.69, 9.17) is 5.11 Å². The summed E-state index contributed by atoms with van der Waals surface area (Å²) in [5.41, 5.74) is 0.232. The molecule has 0 aromatic rings. The smallest absolute Gasteiger partial charge is 0.303 e. The first-order valence-electron chi connectivity index (χ1n) is 6.59. The van der Waals surface area contributed by atoms with Crippen LogP contribution in [0.3, 0.4) is 0 Å². The first-order valence-corrected chi connectivity index (χ1v) is 6.59. The molecule has 0 bridgehead atoms. The average molecular weight is 240 g/mol. The van der Waals surface area contributed by atoms with Gasteiger partial charge in [-0.2, -0.15) is 0 Å². The molecule has 0 spiro atoms. The second-order valence-corrected chi connectivity index (χ2v) is 6.20. The monoisotopic (exact) mass is 240 g/mol. The van der Waals surface area contributed by atoms with Crippen LogP contribution in [0.4, 0.5) is 0 Å². The summed E-state index contributed by atoms with van der Waals surface area (Å²) in [4.78, 5) is 15.6. The maximum absolute atomic E-state index is 10.7. The SMILES string of the molecule is CN1CC(C)(C)N(C2CC2)CC1CCC(=O)O. The average Bonchev–Trinajstić information content (AvgIpc) is 2.98. The lowest BCUT2D eigenvalue weighted by atomic mass is 9.94. The molecule has 4 nitrogen and oxygen atoms in total. The molecular weight excluding hydrogens is 216 g/mol. The number of piperazine rings is 1. The predicted molar refractivity (Wildman–Crippen MR) is 67.1 cm³/mol. The minimum atomic E-state index is -0.679. The Hall–Kier alpha value is -0.610. The molecule has 2 aliphatic rings. The van der Waals surface area contributed by atoms with Gasteiger partial charge in [0.25, 0.3) is 0 Å². The molecule has 4 heteroatoms. The first kappa shape index (κ1) is 12.8. The number of likely N-dealkylation sites (N-methyl/N-ethyl adjacent to an activating group) is 1. The molecule has 2 rings (SSSR count). The third-order valence-corrected chi connectivity index (χ3v) is 4.12. The van der Waals surface area contributed by atoms with Crippen LogP contribution in [0.5, 0.6) is 0 Å². The summed E-state index contributed by atoms with van der Waals surface area (Å²) in [6, 6.07) is 1.16. The number of aliphatic carboxylic acids is 1. The second kappa shape index (κ2) is 4.58. The van der Waals surface area contributed by atoms with Crippen LogP contribution >= 0.6 is 0 Å². The fourth-order valence-electron chi connectivity index (χ4n) is 3.08. The largest absolute Gasteiger partial charge is 0.481 e. The van der Waals surface area contributed by atoms with Gasteiger partial charge in [-0.3, -0.25) is 9.69 Å². The van der Waals surface area contributed by atoms with Crippen LogP contribution in [0.25, 0.3) is 0 Å². The molecule has 1 aliphatic heterocycles. The zero-order valence-corrected chi connectivity index (χ0v) is 11.1. The third-order valence-electron chi connectivity index (χ3n) is 4.12. The Balaban J connectivity index is 1.97. The zero-order valence-electron chi connectivity index (χ0n) is 11.1. The van der Waals surface area contributed by atoms with E-state index in [1.54, 1.807) is 0 Å². The number of hydrogen-bond acceptors (Lipinski definition) is 3. The molecule has 1 atom stereocenters. The number of nitrogens with zero attached hydrogens (tertiary/aromatic N) is 2. The summed E-state index contributed by atoms with van der Waals surface area (Å²) in [5.74, 6) is -0.679. The van der Waals surface area contributed by atoms with Crippen LogP contribution in [-0.2, 0) is 4.79 Å². The van der Waals surface area contributed by atoms with Crippen LogP contribution in [-0.4, -0.2) is 58.6 Å². The van der Waals surface area contributed by atoms with Crippen molar-refractivity contribution < 1.29 is 9.90 Å². The maximum atomic E-state index is 10.7. The van der Waals surface area contributed by atoms with Crippen LogP contribution in [0.15, 0.2) is 0 Å². The van der Waals surface area contributed by atoms with Crippen molar-refractivity contribution in [2.24, 2.45) is 0 Å². The zero-order chi connectivity index (χ0) is 12.6. The number of carbonyl (C=O) groups is 1. The van der Waals surface area contributed by atoms with Crippen LogP contribution in [0.1, 0.15) is 39.5 Å². The highest BCUT2D eigenvalue weighted by Gasteiger charge is 2.44. The van der Waals surface area contributed by atoms with E-state index in [0.29, 0.717) is 6.04 Å². The van der Waals surface area contributed by atoms with E-state index in [1.807, 2.05) is 0 Å². The van der Waals surface area contributed by atoms with Crippen molar-refractivity contribution >= 4 is 5.97 Å². The lowest BCUT2D eigenvalue weighted by Gasteiger charge is -2.50. The quantitative estimate of drug-likeness (QED) is 0.807. The van der Waals surface area contributed by atoms with Crippen LogP contribution < -0.4 is 0 Å². The van der Waals surface area contributed by atoms with Crippen molar-refractivity contribution in [1.29, 1.82) is 0 Å². The Morgan fingerprint density at radius 1 is 1.41 bits per heavy atom. The van der Waals surface area contributed by atoms with Gasteiger partial charge in [0, 0.05) is 37.1 Å². The molecule has 0 amide bonds. The van der Waals surface area contributed by atoms with Crippen LogP contribution in [0.2, 0.25) is 0 Å². The summed E-state index contributed by atoms with van der Waals surface area (Å²) in [6.07, 6.45) is 3.69. The number of rotatable bonds is 4. The molecule has 2 fully saturated rings.